The highest BCUT2D eigenvalue weighted by molar-refractivity contribution is 5.77. The van der Waals surface area contributed by atoms with E-state index in [0.29, 0.717) is 23.4 Å². The first-order chi connectivity index (χ1) is 18.4. The average Bonchev–Trinajstić information content (AvgIpc) is 3.32. The first-order valence-corrected chi connectivity index (χ1v) is 13.4. The molecule has 0 aliphatic carbocycles. The number of pyridine rings is 1. The van der Waals surface area contributed by atoms with E-state index in [4.69, 9.17) is 11.5 Å². The van der Waals surface area contributed by atoms with Gasteiger partial charge in [-0.1, -0.05) is 38.3 Å². The van der Waals surface area contributed by atoms with Crippen LogP contribution in [0.5, 0.6) is 0 Å². The zero-order valence-corrected chi connectivity index (χ0v) is 22.8. The van der Waals surface area contributed by atoms with E-state index in [1.54, 1.807) is 18.2 Å². The molecule has 2 saturated heterocycles. The van der Waals surface area contributed by atoms with Crippen molar-refractivity contribution in [1.29, 1.82) is 10.5 Å². The molecule has 0 unspecified atom stereocenters. The number of amides is 1. The summed E-state index contributed by atoms with van der Waals surface area (Å²) in [6.45, 7) is 17.5. The predicted molar refractivity (Wildman–Crippen MR) is 153 cm³/mol. The molecule has 2 aliphatic rings. The number of anilines is 2. The molecular weight excluding hydrogens is 476 g/mol. The Labute approximate surface area is 227 Å². The Balaban J connectivity index is 0.000000432. The molecule has 0 bridgehead atoms. The predicted octanol–water partition coefficient (Wildman–Crippen LogP) is 3.13. The van der Waals surface area contributed by atoms with Gasteiger partial charge in [-0.2, -0.15) is 10.5 Å². The number of carbonyl (C=O) groups is 1. The number of hydrogen-bond acceptors (Lipinski definition) is 8. The van der Waals surface area contributed by atoms with E-state index in [1.807, 2.05) is 6.92 Å². The maximum atomic E-state index is 10.3. The summed E-state index contributed by atoms with van der Waals surface area (Å²) in [4.78, 5) is 22.1. The Kier molecular flexibility index (Phi) is 13.1. The molecular formula is C29H42N8O. The van der Waals surface area contributed by atoms with Crippen LogP contribution >= 0.6 is 0 Å². The van der Waals surface area contributed by atoms with Crippen LogP contribution in [-0.4, -0.2) is 73.0 Å². The molecule has 0 saturated carbocycles. The third-order valence-corrected chi connectivity index (χ3v) is 6.89. The number of nitrogens with two attached hydrogens (primary N) is 2. The van der Waals surface area contributed by atoms with Crippen LogP contribution in [0.1, 0.15) is 55.7 Å². The second-order valence-electron chi connectivity index (χ2n) is 9.54. The molecule has 9 heteroatoms. The number of hydrogen-bond donors (Lipinski definition) is 2. The quantitative estimate of drug-likeness (QED) is 0.450. The zero-order valence-electron chi connectivity index (χ0n) is 22.8. The van der Waals surface area contributed by atoms with Crippen LogP contribution in [0.4, 0.5) is 11.6 Å². The highest BCUT2D eigenvalue weighted by Crippen LogP contribution is 2.28. The number of nitrogens with zero attached hydrogens (tertiary/aromatic N) is 6. The van der Waals surface area contributed by atoms with Gasteiger partial charge in [0, 0.05) is 19.6 Å². The van der Waals surface area contributed by atoms with Crippen molar-refractivity contribution in [3.05, 3.63) is 53.6 Å². The van der Waals surface area contributed by atoms with E-state index in [2.05, 4.69) is 45.0 Å². The maximum Gasteiger partial charge on any atom is 0.221 e. The molecule has 1 aromatic rings. The summed E-state index contributed by atoms with van der Waals surface area (Å²) in [5, 5.41) is 19.1. The summed E-state index contributed by atoms with van der Waals surface area (Å²) in [5.41, 5.74) is 13.4. The molecule has 204 valence electrons. The highest BCUT2D eigenvalue weighted by atomic mass is 16.1. The molecule has 0 spiro atoms. The number of nitriles is 2. The van der Waals surface area contributed by atoms with Gasteiger partial charge in [0.05, 0.1) is 17.5 Å². The van der Waals surface area contributed by atoms with Crippen LogP contribution in [0.25, 0.3) is 0 Å². The van der Waals surface area contributed by atoms with Crippen LogP contribution < -0.4 is 16.4 Å². The monoisotopic (exact) mass is 518 g/mol. The van der Waals surface area contributed by atoms with Gasteiger partial charge in [-0.25, -0.2) is 4.98 Å². The molecule has 1 amide bonds. The standard InChI is InChI=1S/C21H31N7.C8H11NO/c1-2-17-18(15-22)20(24)25-21(19(17)16-23)28-12-6-11-27(13-14-28)10-5-9-26-7-3-4-8-26;1-3-5-7(4-2)6-8(9)10/h2-14H2,1H3,(H2,24,25);3-5H,1-2,6H2,(H2,9,10)/b;7-5+. The normalized spacial score (nSPS) is 16.5. The summed E-state index contributed by atoms with van der Waals surface area (Å²) >= 11 is 0. The Morgan fingerprint density at radius 2 is 1.63 bits per heavy atom. The van der Waals surface area contributed by atoms with E-state index < -0.39 is 0 Å². The van der Waals surface area contributed by atoms with Gasteiger partial charge in [0.2, 0.25) is 5.91 Å². The van der Waals surface area contributed by atoms with Crippen molar-refractivity contribution in [2.45, 2.75) is 45.4 Å². The van der Waals surface area contributed by atoms with Crippen molar-refractivity contribution in [3.63, 3.8) is 0 Å². The topological polar surface area (TPSA) is 139 Å². The summed E-state index contributed by atoms with van der Waals surface area (Å²) in [5.74, 6) is 0.530. The first-order valence-electron chi connectivity index (χ1n) is 13.4. The Hall–Kier alpha value is -3.66. The largest absolute Gasteiger partial charge is 0.383 e. The van der Waals surface area contributed by atoms with E-state index in [9.17, 15) is 15.3 Å². The van der Waals surface area contributed by atoms with Crippen LogP contribution in [0.15, 0.2) is 37.0 Å². The lowest BCUT2D eigenvalue weighted by molar-refractivity contribution is -0.117. The van der Waals surface area contributed by atoms with Gasteiger partial charge >= 0.3 is 0 Å². The summed E-state index contributed by atoms with van der Waals surface area (Å²) in [6, 6.07) is 4.40. The third-order valence-electron chi connectivity index (χ3n) is 6.89. The number of carbonyl (C=O) groups excluding carboxylic acids is 1. The average molecular weight is 519 g/mol. The van der Waals surface area contributed by atoms with Crippen molar-refractivity contribution in [2.24, 2.45) is 5.73 Å². The van der Waals surface area contributed by atoms with Crippen molar-refractivity contribution < 1.29 is 4.79 Å². The maximum absolute atomic E-state index is 10.3. The second-order valence-corrected chi connectivity index (χ2v) is 9.54. The number of primary amides is 1. The molecule has 1 aromatic heterocycles. The fourth-order valence-corrected chi connectivity index (χ4v) is 4.95. The molecule has 2 aliphatic heterocycles. The molecule has 0 atom stereocenters. The fourth-order valence-electron chi connectivity index (χ4n) is 4.95. The van der Waals surface area contributed by atoms with Crippen molar-refractivity contribution in [2.75, 3.05) is 63.0 Å². The molecule has 0 aromatic carbocycles. The molecule has 0 radical (unpaired) electrons. The van der Waals surface area contributed by atoms with Crippen LogP contribution in [0, 0.1) is 22.7 Å². The molecule has 3 rings (SSSR count). The lowest BCUT2D eigenvalue weighted by Gasteiger charge is -2.25. The SMILES string of the molecule is C=C/C=C(\C=C)CC(N)=O.CCc1c(C#N)c(N)nc(N2CCCN(CCCN3CCCC3)CC2)c1C#N. The molecule has 38 heavy (non-hydrogen) atoms. The van der Waals surface area contributed by atoms with Crippen molar-refractivity contribution in [3.8, 4) is 12.1 Å². The van der Waals surface area contributed by atoms with Crippen molar-refractivity contribution in [1.82, 2.24) is 14.8 Å². The summed E-state index contributed by atoms with van der Waals surface area (Å²) in [6.07, 6.45) is 10.7. The first kappa shape index (κ1) is 30.6. The smallest absolute Gasteiger partial charge is 0.221 e. The van der Waals surface area contributed by atoms with Gasteiger partial charge < -0.3 is 26.2 Å². The summed E-state index contributed by atoms with van der Waals surface area (Å²) < 4.78 is 0. The number of aromatic nitrogens is 1. The van der Waals surface area contributed by atoms with Gasteiger partial charge in [-0.05, 0) is 76.0 Å². The van der Waals surface area contributed by atoms with E-state index in [0.717, 1.165) is 50.3 Å². The number of likely N-dealkylation sites (tertiary alicyclic amines) is 1. The third kappa shape index (κ3) is 9.02. The number of rotatable bonds is 10. The second kappa shape index (κ2) is 16.2. The number of nitrogen functional groups attached to an aromatic ring is 1. The Morgan fingerprint density at radius 1 is 1.00 bits per heavy atom. The van der Waals surface area contributed by atoms with Gasteiger partial charge in [0.25, 0.3) is 0 Å². The van der Waals surface area contributed by atoms with Crippen LogP contribution in [-0.2, 0) is 11.2 Å². The fraction of sp³-hybridized carbons (Fsp3) is 0.517. The lowest BCUT2D eigenvalue weighted by Crippen LogP contribution is -2.33. The lowest BCUT2D eigenvalue weighted by atomic mass is 10.0. The molecule has 3 heterocycles. The Morgan fingerprint density at radius 3 is 2.18 bits per heavy atom. The van der Waals surface area contributed by atoms with Gasteiger partial charge in [0.15, 0.2) is 0 Å². The number of allylic oxidation sites excluding steroid dienone is 3. The van der Waals surface area contributed by atoms with E-state index >= 15 is 0 Å². The molecule has 4 N–H and O–H groups in total. The van der Waals surface area contributed by atoms with Crippen LogP contribution in [0.3, 0.4) is 0 Å². The molecule has 2 fully saturated rings. The Bertz CT molecular complexity index is 1080. The minimum Gasteiger partial charge on any atom is -0.383 e. The van der Waals surface area contributed by atoms with E-state index in [1.165, 1.54) is 38.9 Å². The zero-order chi connectivity index (χ0) is 27.9. The highest BCUT2D eigenvalue weighted by Gasteiger charge is 2.23. The van der Waals surface area contributed by atoms with Gasteiger partial charge in [0.1, 0.15) is 23.8 Å². The van der Waals surface area contributed by atoms with E-state index in [-0.39, 0.29) is 18.1 Å². The summed E-state index contributed by atoms with van der Waals surface area (Å²) in [7, 11) is 0. The minimum absolute atomic E-state index is 0.232. The van der Waals surface area contributed by atoms with Gasteiger partial charge in [-0.15, -0.1) is 0 Å². The van der Waals surface area contributed by atoms with Crippen LogP contribution in [0.2, 0.25) is 0 Å². The molecule has 9 nitrogen and oxygen atoms in total. The van der Waals surface area contributed by atoms with Gasteiger partial charge in [-0.3, -0.25) is 4.79 Å². The minimum atomic E-state index is -0.354. The van der Waals surface area contributed by atoms with Crippen molar-refractivity contribution >= 4 is 17.5 Å².